The molecule has 0 fully saturated rings. The van der Waals surface area contributed by atoms with Gasteiger partial charge in [-0.05, 0) is 37.1 Å². The van der Waals surface area contributed by atoms with Crippen LogP contribution in [0.15, 0.2) is 48.8 Å². The van der Waals surface area contributed by atoms with Gasteiger partial charge in [-0.2, -0.15) is 0 Å². The van der Waals surface area contributed by atoms with E-state index in [1.165, 1.54) is 0 Å². The highest BCUT2D eigenvalue weighted by Crippen LogP contribution is 2.18. The highest BCUT2D eigenvalue weighted by atomic mass is 16.5. The molecule has 1 aromatic heterocycles. The van der Waals surface area contributed by atoms with Gasteiger partial charge < -0.3 is 10.1 Å². The summed E-state index contributed by atoms with van der Waals surface area (Å²) in [5.41, 5.74) is 2.10. The molecule has 1 heterocycles. The van der Waals surface area contributed by atoms with Crippen LogP contribution in [-0.4, -0.2) is 10.9 Å². The van der Waals surface area contributed by atoms with Crippen LogP contribution in [-0.2, 0) is 11.4 Å². The fourth-order valence-electron chi connectivity index (χ4n) is 2.13. The van der Waals surface area contributed by atoms with Crippen LogP contribution in [0.3, 0.4) is 0 Å². The highest BCUT2D eigenvalue weighted by Gasteiger charge is 2.08. The van der Waals surface area contributed by atoms with Crippen LogP contribution in [0.5, 0.6) is 5.75 Å². The van der Waals surface area contributed by atoms with E-state index in [2.05, 4.69) is 10.3 Å². The molecule has 0 saturated carbocycles. The number of nitrogens with one attached hydrogen (secondary N) is 1. The Morgan fingerprint density at radius 2 is 2.05 bits per heavy atom. The maximum absolute atomic E-state index is 11.6. The summed E-state index contributed by atoms with van der Waals surface area (Å²) in [6.07, 6.45) is 4.96. The van der Waals surface area contributed by atoms with Crippen LogP contribution in [0.1, 0.15) is 43.9 Å². The molecule has 2 rings (SSSR count). The molecule has 4 heteroatoms. The third-order valence-corrected chi connectivity index (χ3v) is 3.36. The highest BCUT2D eigenvalue weighted by molar-refractivity contribution is 5.76. The first-order valence-electron chi connectivity index (χ1n) is 7.60. The molecule has 0 aliphatic carbocycles. The molecule has 116 valence electrons. The van der Waals surface area contributed by atoms with Crippen molar-refractivity contribution in [3.05, 3.63) is 59.9 Å². The molecule has 22 heavy (non-hydrogen) atoms. The zero-order valence-corrected chi connectivity index (χ0v) is 13.1. The fourth-order valence-corrected chi connectivity index (χ4v) is 2.13. The van der Waals surface area contributed by atoms with Gasteiger partial charge in [0.1, 0.15) is 12.4 Å². The first kappa shape index (κ1) is 16.0. The van der Waals surface area contributed by atoms with Gasteiger partial charge in [-0.1, -0.05) is 25.1 Å². The Hall–Kier alpha value is -2.36. The van der Waals surface area contributed by atoms with E-state index >= 15 is 0 Å². The predicted molar refractivity (Wildman–Crippen MR) is 86.5 cm³/mol. The molecule has 0 saturated heterocycles. The number of hydrogen-bond donors (Lipinski definition) is 1. The van der Waals surface area contributed by atoms with Gasteiger partial charge in [0.2, 0.25) is 5.91 Å². The van der Waals surface area contributed by atoms with E-state index in [0.717, 1.165) is 23.3 Å². The lowest BCUT2D eigenvalue weighted by Crippen LogP contribution is -2.26. The Balaban J connectivity index is 1.88. The van der Waals surface area contributed by atoms with E-state index in [1.807, 2.05) is 50.2 Å². The fraction of sp³-hybridized carbons (Fsp3) is 0.333. The van der Waals surface area contributed by atoms with E-state index in [4.69, 9.17) is 4.74 Å². The van der Waals surface area contributed by atoms with Crippen LogP contribution in [0.25, 0.3) is 0 Å². The second-order valence-corrected chi connectivity index (χ2v) is 5.26. The minimum atomic E-state index is 0.00595. The SMILES string of the molecule is CCCC(=O)NC(C)c1ccc(OCc2cccnc2)cc1. The largest absolute Gasteiger partial charge is 0.489 e. The summed E-state index contributed by atoms with van der Waals surface area (Å²) in [7, 11) is 0. The molecule has 0 aliphatic heterocycles. The summed E-state index contributed by atoms with van der Waals surface area (Å²) in [6, 6.07) is 11.7. The Kier molecular flexibility index (Phi) is 5.95. The van der Waals surface area contributed by atoms with Crippen LogP contribution in [0.4, 0.5) is 0 Å². The Bertz CT molecular complexity index is 582. The standard InChI is InChI=1S/C18H22N2O2/c1-3-5-18(21)20-14(2)16-7-9-17(10-8-16)22-13-15-6-4-11-19-12-15/h4,6-12,14H,3,5,13H2,1-2H3,(H,20,21). The smallest absolute Gasteiger partial charge is 0.220 e. The van der Waals surface area contributed by atoms with Gasteiger partial charge in [0.25, 0.3) is 0 Å². The minimum absolute atomic E-state index is 0.00595. The Labute approximate surface area is 131 Å². The maximum atomic E-state index is 11.6. The van der Waals surface area contributed by atoms with Gasteiger partial charge in [-0.15, -0.1) is 0 Å². The quantitative estimate of drug-likeness (QED) is 0.849. The average molecular weight is 298 g/mol. The molecular weight excluding hydrogens is 276 g/mol. The molecule has 0 aliphatic rings. The number of amides is 1. The number of hydrogen-bond acceptors (Lipinski definition) is 3. The summed E-state index contributed by atoms with van der Waals surface area (Å²) >= 11 is 0. The molecule has 1 N–H and O–H groups in total. The Morgan fingerprint density at radius 3 is 2.68 bits per heavy atom. The maximum Gasteiger partial charge on any atom is 0.220 e. The lowest BCUT2D eigenvalue weighted by Gasteiger charge is -2.15. The van der Waals surface area contributed by atoms with Crippen LogP contribution < -0.4 is 10.1 Å². The molecule has 2 aromatic rings. The average Bonchev–Trinajstić information content (AvgIpc) is 2.54. The van der Waals surface area contributed by atoms with Crippen molar-refractivity contribution in [1.82, 2.24) is 10.3 Å². The molecule has 0 spiro atoms. The van der Waals surface area contributed by atoms with Gasteiger partial charge in [0.15, 0.2) is 0 Å². The van der Waals surface area contributed by atoms with Crippen molar-refractivity contribution >= 4 is 5.91 Å². The molecule has 1 atom stereocenters. The zero-order chi connectivity index (χ0) is 15.8. The molecule has 0 bridgehead atoms. The number of carbonyl (C=O) groups excluding carboxylic acids is 1. The monoisotopic (exact) mass is 298 g/mol. The van der Waals surface area contributed by atoms with E-state index in [9.17, 15) is 4.79 Å². The van der Waals surface area contributed by atoms with Gasteiger partial charge in [0, 0.05) is 24.4 Å². The summed E-state index contributed by atoms with van der Waals surface area (Å²) in [4.78, 5) is 15.7. The number of aromatic nitrogens is 1. The zero-order valence-electron chi connectivity index (χ0n) is 13.1. The predicted octanol–water partition coefficient (Wildman–Crippen LogP) is 3.64. The normalized spacial score (nSPS) is 11.7. The number of carbonyl (C=O) groups is 1. The number of benzene rings is 1. The molecule has 1 unspecified atom stereocenters. The summed E-state index contributed by atoms with van der Waals surface area (Å²) in [6.45, 7) is 4.48. The topological polar surface area (TPSA) is 51.2 Å². The van der Waals surface area contributed by atoms with E-state index in [-0.39, 0.29) is 11.9 Å². The van der Waals surface area contributed by atoms with E-state index in [1.54, 1.807) is 12.4 Å². The van der Waals surface area contributed by atoms with Crippen molar-refractivity contribution in [3.8, 4) is 5.75 Å². The van der Waals surface area contributed by atoms with Crippen molar-refractivity contribution in [2.75, 3.05) is 0 Å². The van der Waals surface area contributed by atoms with Crippen molar-refractivity contribution < 1.29 is 9.53 Å². The summed E-state index contributed by atoms with van der Waals surface area (Å²) < 4.78 is 5.72. The third-order valence-electron chi connectivity index (χ3n) is 3.36. The minimum Gasteiger partial charge on any atom is -0.489 e. The molecule has 4 nitrogen and oxygen atoms in total. The lowest BCUT2D eigenvalue weighted by atomic mass is 10.1. The van der Waals surface area contributed by atoms with Crippen molar-refractivity contribution in [1.29, 1.82) is 0 Å². The molecular formula is C18H22N2O2. The van der Waals surface area contributed by atoms with E-state index in [0.29, 0.717) is 13.0 Å². The molecule has 1 amide bonds. The van der Waals surface area contributed by atoms with Crippen molar-refractivity contribution in [3.63, 3.8) is 0 Å². The van der Waals surface area contributed by atoms with Crippen LogP contribution in [0.2, 0.25) is 0 Å². The Morgan fingerprint density at radius 1 is 1.27 bits per heavy atom. The third kappa shape index (κ3) is 4.88. The molecule has 1 aromatic carbocycles. The second-order valence-electron chi connectivity index (χ2n) is 5.26. The van der Waals surface area contributed by atoms with Gasteiger partial charge >= 0.3 is 0 Å². The van der Waals surface area contributed by atoms with Crippen LogP contribution in [0, 0.1) is 0 Å². The summed E-state index contributed by atoms with van der Waals surface area (Å²) in [5, 5.41) is 2.99. The first-order chi connectivity index (χ1) is 10.7. The molecule has 0 radical (unpaired) electrons. The number of ether oxygens (including phenoxy) is 1. The number of rotatable bonds is 7. The van der Waals surface area contributed by atoms with E-state index < -0.39 is 0 Å². The van der Waals surface area contributed by atoms with Crippen LogP contribution >= 0.6 is 0 Å². The van der Waals surface area contributed by atoms with Crippen molar-refractivity contribution in [2.45, 2.75) is 39.3 Å². The van der Waals surface area contributed by atoms with Gasteiger partial charge in [-0.25, -0.2) is 0 Å². The summed E-state index contributed by atoms with van der Waals surface area (Å²) in [5.74, 6) is 0.895. The number of nitrogens with zero attached hydrogens (tertiary/aromatic N) is 1. The number of pyridine rings is 1. The van der Waals surface area contributed by atoms with Gasteiger partial charge in [-0.3, -0.25) is 9.78 Å². The second kappa shape index (κ2) is 8.17. The lowest BCUT2D eigenvalue weighted by molar-refractivity contribution is -0.121. The first-order valence-corrected chi connectivity index (χ1v) is 7.60. The van der Waals surface area contributed by atoms with Gasteiger partial charge in [0.05, 0.1) is 6.04 Å². The van der Waals surface area contributed by atoms with Crippen molar-refractivity contribution in [2.24, 2.45) is 0 Å².